The van der Waals surface area contributed by atoms with Crippen molar-refractivity contribution >= 4 is 17.7 Å². The first kappa shape index (κ1) is 15.1. The number of thioether (sulfide) groups is 1. The predicted octanol–water partition coefficient (Wildman–Crippen LogP) is 1.81. The van der Waals surface area contributed by atoms with Gasteiger partial charge in [0.15, 0.2) is 0 Å². The molecule has 1 rings (SSSR count). The molecule has 0 aliphatic heterocycles. The number of carbonyl (C=O) groups excluding carboxylic acids is 1. The highest BCUT2D eigenvalue weighted by Crippen LogP contribution is 2.19. The molecule has 0 aliphatic carbocycles. The third-order valence-corrected chi connectivity index (χ3v) is 4.13. The molecule has 0 unspecified atom stereocenters. The van der Waals surface area contributed by atoms with Crippen molar-refractivity contribution in [2.24, 2.45) is 5.73 Å². The van der Waals surface area contributed by atoms with Crippen molar-refractivity contribution < 1.29 is 4.79 Å². The van der Waals surface area contributed by atoms with Gasteiger partial charge in [0.25, 0.3) is 0 Å². The molecule has 1 aromatic rings. The van der Waals surface area contributed by atoms with E-state index in [1.807, 2.05) is 36.6 Å². The van der Waals surface area contributed by atoms with Crippen molar-refractivity contribution in [3.8, 4) is 0 Å². The lowest BCUT2D eigenvalue weighted by atomic mass is 10.1. The Morgan fingerprint density at radius 2 is 2.00 bits per heavy atom. The quantitative estimate of drug-likeness (QED) is 0.825. The SMILES string of the molecule is CSC(C)(C)CNC(=O)[C@@H](N)Cc1ccccc1. The van der Waals surface area contributed by atoms with Gasteiger partial charge in [-0.2, -0.15) is 11.8 Å². The largest absolute Gasteiger partial charge is 0.353 e. The third kappa shape index (κ3) is 5.10. The lowest BCUT2D eigenvalue weighted by Gasteiger charge is -2.23. The highest BCUT2D eigenvalue weighted by Gasteiger charge is 2.19. The lowest BCUT2D eigenvalue weighted by Crippen LogP contribution is -2.46. The van der Waals surface area contributed by atoms with Gasteiger partial charge in [0.1, 0.15) is 0 Å². The zero-order valence-corrected chi connectivity index (χ0v) is 12.1. The molecule has 3 N–H and O–H groups in total. The lowest BCUT2D eigenvalue weighted by molar-refractivity contribution is -0.122. The molecule has 1 atom stereocenters. The van der Waals surface area contributed by atoms with Gasteiger partial charge < -0.3 is 11.1 Å². The first-order chi connectivity index (χ1) is 8.44. The second-order valence-electron chi connectivity index (χ2n) is 4.98. The fourth-order valence-corrected chi connectivity index (χ4v) is 1.68. The smallest absolute Gasteiger partial charge is 0.237 e. The Labute approximate surface area is 114 Å². The van der Waals surface area contributed by atoms with Crippen LogP contribution in [-0.2, 0) is 11.2 Å². The Morgan fingerprint density at radius 1 is 1.39 bits per heavy atom. The molecule has 0 saturated carbocycles. The number of hydrogen-bond donors (Lipinski definition) is 2. The number of amides is 1. The molecular weight excluding hydrogens is 244 g/mol. The summed E-state index contributed by atoms with van der Waals surface area (Å²) in [5.74, 6) is -0.0824. The summed E-state index contributed by atoms with van der Waals surface area (Å²) in [6.07, 6.45) is 2.61. The van der Waals surface area contributed by atoms with Crippen LogP contribution in [-0.4, -0.2) is 29.5 Å². The van der Waals surface area contributed by atoms with Crippen LogP contribution in [0.4, 0.5) is 0 Å². The maximum absolute atomic E-state index is 11.9. The molecule has 4 heteroatoms. The van der Waals surface area contributed by atoms with Gasteiger partial charge in [-0.05, 0) is 32.1 Å². The Balaban J connectivity index is 2.43. The van der Waals surface area contributed by atoms with E-state index in [4.69, 9.17) is 5.73 Å². The Morgan fingerprint density at radius 3 is 2.56 bits per heavy atom. The highest BCUT2D eigenvalue weighted by atomic mass is 32.2. The van der Waals surface area contributed by atoms with Crippen LogP contribution in [0.15, 0.2) is 30.3 Å². The average molecular weight is 266 g/mol. The van der Waals surface area contributed by atoms with Crippen LogP contribution in [0.5, 0.6) is 0 Å². The molecule has 1 aromatic carbocycles. The fourth-order valence-electron chi connectivity index (χ4n) is 1.46. The van der Waals surface area contributed by atoms with E-state index in [-0.39, 0.29) is 10.7 Å². The molecule has 0 radical (unpaired) electrons. The van der Waals surface area contributed by atoms with Crippen molar-refractivity contribution in [2.75, 3.05) is 12.8 Å². The van der Waals surface area contributed by atoms with E-state index in [0.29, 0.717) is 13.0 Å². The summed E-state index contributed by atoms with van der Waals surface area (Å²) >= 11 is 1.73. The number of nitrogens with two attached hydrogens (primary N) is 1. The van der Waals surface area contributed by atoms with E-state index in [1.54, 1.807) is 11.8 Å². The predicted molar refractivity (Wildman–Crippen MR) is 78.7 cm³/mol. The van der Waals surface area contributed by atoms with Crippen LogP contribution in [0.2, 0.25) is 0 Å². The standard InChI is InChI=1S/C14H22N2OS/c1-14(2,18-3)10-16-13(17)12(15)9-11-7-5-4-6-8-11/h4-8,12H,9-10,15H2,1-3H3,(H,16,17)/t12-/m0/s1. The minimum Gasteiger partial charge on any atom is -0.353 e. The Hall–Kier alpha value is -1.00. The topological polar surface area (TPSA) is 55.1 Å². The normalized spacial score (nSPS) is 13.1. The molecule has 18 heavy (non-hydrogen) atoms. The minimum atomic E-state index is -0.481. The van der Waals surface area contributed by atoms with Crippen LogP contribution in [0.3, 0.4) is 0 Å². The van der Waals surface area contributed by atoms with Gasteiger partial charge in [-0.3, -0.25) is 4.79 Å². The summed E-state index contributed by atoms with van der Waals surface area (Å²) in [7, 11) is 0. The summed E-state index contributed by atoms with van der Waals surface area (Å²) in [4.78, 5) is 11.9. The molecule has 0 aromatic heterocycles. The maximum Gasteiger partial charge on any atom is 0.237 e. The molecule has 1 amide bonds. The molecule has 0 saturated heterocycles. The van der Waals surface area contributed by atoms with Crippen LogP contribution in [0, 0.1) is 0 Å². The second kappa shape index (κ2) is 6.81. The van der Waals surface area contributed by atoms with Gasteiger partial charge in [0.2, 0.25) is 5.91 Å². The molecular formula is C14H22N2OS. The third-order valence-electron chi connectivity index (χ3n) is 2.88. The van der Waals surface area contributed by atoms with E-state index in [9.17, 15) is 4.79 Å². The van der Waals surface area contributed by atoms with Gasteiger partial charge in [-0.15, -0.1) is 0 Å². The maximum atomic E-state index is 11.9. The van der Waals surface area contributed by atoms with Gasteiger partial charge in [-0.25, -0.2) is 0 Å². The second-order valence-corrected chi connectivity index (χ2v) is 6.49. The van der Waals surface area contributed by atoms with Gasteiger partial charge in [-0.1, -0.05) is 30.3 Å². The summed E-state index contributed by atoms with van der Waals surface area (Å²) < 4.78 is 0.0438. The van der Waals surface area contributed by atoms with Gasteiger partial charge in [0, 0.05) is 11.3 Å². The van der Waals surface area contributed by atoms with Crippen molar-refractivity contribution in [3.05, 3.63) is 35.9 Å². The van der Waals surface area contributed by atoms with E-state index in [1.165, 1.54) is 0 Å². The number of benzene rings is 1. The average Bonchev–Trinajstić information content (AvgIpc) is 2.37. The molecule has 0 bridgehead atoms. The zero-order valence-electron chi connectivity index (χ0n) is 11.3. The molecule has 100 valence electrons. The van der Waals surface area contributed by atoms with Crippen molar-refractivity contribution in [1.29, 1.82) is 0 Å². The molecule has 0 heterocycles. The zero-order chi connectivity index (χ0) is 13.6. The van der Waals surface area contributed by atoms with E-state index < -0.39 is 6.04 Å². The summed E-state index contributed by atoms with van der Waals surface area (Å²) in [6, 6.07) is 9.35. The monoisotopic (exact) mass is 266 g/mol. The Kier molecular flexibility index (Phi) is 5.69. The Bertz CT molecular complexity index is 379. The van der Waals surface area contributed by atoms with Crippen LogP contribution in [0.25, 0.3) is 0 Å². The number of carbonyl (C=O) groups is 1. The fraction of sp³-hybridized carbons (Fsp3) is 0.500. The first-order valence-corrected chi connectivity index (χ1v) is 7.29. The molecule has 0 aliphatic rings. The van der Waals surface area contributed by atoms with E-state index in [0.717, 1.165) is 5.56 Å². The summed E-state index contributed by atoms with van der Waals surface area (Å²) in [6.45, 7) is 4.83. The molecule has 0 spiro atoms. The number of nitrogens with one attached hydrogen (secondary N) is 1. The summed E-state index contributed by atoms with van der Waals surface area (Å²) in [5, 5.41) is 2.91. The first-order valence-electron chi connectivity index (χ1n) is 6.07. The van der Waals surface area contributed by atoms with Crippen LogP contribution in [0.1, 0.15) is 19.4 Å². The number of hydrogen-bond acceptors (Lipinski definition) is 3. The number of rotatable bonds is 6. The van der Waals surface area contributed by atoms with Gasteiger partial charge >= 0.3 is 0 Å². The van der Waals surface area contributed by atoms with Crippen LogP contribution < -0.4 is 11.1 Å². The summed E-state index contributed by atoms with van der Waals surface area (Å²) in [5.41, 5.74) is 6.99. The molecule has 3 nitrogen and oxygen atoms in total. The van der Waals surface area contributed by atoms with E-state index >= 15 is 0 Å². The van der Waals surface area contributed by atoms with E-state index in [2.05, 4.69) is 19.2 Å². The highest BCUT2D eigenvalue weighted by molar-refractivity contribution is 7.99. The van der Waals surface area contributed by atoms with Crippen LogP contribution >= 0.6 is 11.8 Å². The molecule has 0 fully saturated rings. The van der Waals surface area contributed by atoms with Crippen molar-refractivity contribution in [1.82, 2.24) is 5.32 Å². The minimum absolute atomic E-state index is 0.0438. The van der Waals surface area contributed by atoms with Crippen molar-refractivity contribution in [3.63, 3.8) is 0 Å². The van der Waals surface area contributed by atoms with Crippen molar-refractivity contribution in [2.45, 2.75) is 31.1 Å². The van der Waals surface area contributed by atoms with Gasteiger partial charge in [0.05, 0.1) is 6.04 Å².